The number of Topliss-reactive ketones (excluding diaryl/α,β-unsaturated/α-hetero) is 1. The lowest BCUT2D eigenvalue weighted by molar-refractivity contribution is -0.143. The molecule has 0 unspecified atom stereocenters. The molecule has 0 atom stereocenters. The molecule has 28 heavy (non-hydrogen) atoms. The fourth-order valence-corrected chi connectivity index (χ4v) is 2.86. The highest BCUT2D eigenvalue weighted by Crippen LogP contribution is 2.34. The van der Waals surface area contributed by atoms with E-state index in [1.807, 2.05) is 0 Å². The number of benzene rings is 2. The van der Waals surface area contributed by atoms with Gasteiger partial charge in [-0.2, -0.15) is 18.3 Å². The Morgan fingerprint density at radius 1 is 1.07 bits per heavy atom. The predicted molar refractivity (Wildman–Crippen MR) is 98.0 cm³/mol. The molecule has 3 aromatic rings. The minimum absolute atomic E-state index is 0.0583. The van der Waals surface area contributed by atoms with Crippen molar-refractivity contribution in [2.75, 3.05) is 5.32 Å². The molecule has 5 nitrogen and oxygen atoms in total. The lowest BCUT2D eigenvalue weighted by atomic mass is 10.1. The number of carbonyl (C=O) groups excluding carboxylic acids is 2. The molecular weight excluding hydrogens is 395 g/mol. The van der Waals surface area contributed by atoms with E-state index in [0.717, 1.165) is 6.20 Å². The third kappa shape index (κ3) is 3.91. The maximum atomic E-state index is 13.7. The molecule has 1 heterocycles. The second kappa shape index (κ2) is 7.47. The van der Waals surface area contributed by atoms with Crippen molar-refractivity contribution in [3.8, 4) is 5.69 Å². The van der Waals surface area contributed by atoms with E-state index in [4.69, 9.17) is 11.6 Å². The van der Waals surface area contributed by atoms with Crippen LogP contribution in [-0.4, -0.2) is 21.5 Å². The van der Waals surface area contributed by atoms with Crippen molar-refractivity contribution in [3.63, 3.8) is 0 Å². The van der Waals surface area contributed by atoms with Gasteiger partial charge in [-0.25, -0.2) is 4.68 Å². The van der Waals surface area contributed by atoms with E-state index >= 15 is 0 Å². The van der Waals surface area contributed by atoms with Crippen LogP contribution in [0.5, 0.6) is 0 Å². The molecule has 0 spiro atoms. The fraction of sp³-hybridized carbons (Fsp3) is 0.105. The Balaban J connectivity index is 2.06. The first kappa shape index (κ1) is 19.6. The smallest absolute Gasteiger partial charge is 0.321 e. The van der Waals surface area contributed by atoms with Crippen molar-refractivity contribution in [3.05, 3.63) is 76.6 Å². The molecule has 3 rings (SSSR count). The summed E-state index contributed by atoms with van der Waals surface area (Å²) in [5, 5.41) is 6.31. The number of aromatic nitrogens is 2. The zero-order valence-electron chi connectivity index (χ0n) is 14.4. The van der Waals surface area contributed by atoms with Crippen molar-refractivity contribution >= 4 is 29.0 Å². The van der Waals surface area contributed by atoms with Gasteiger partial charge in [0, 0.05) is 10.6 Å². The second-order valence-electron chi connectivity index (χ2n) is 5.85. The molecule has 144 valence electrons. The third-order valence-electron chi connectivity index (χ3n) is 3.89. The zero-order valence-corrected chi connectivity index (χ0v) is 15.2. The predicted octanol–water partition coefficient (Wildman–Crippen LogP) is 5.00. The quantitative estimate of drug-likeness (QED) is 0.619. The number of ketones is 1. The Hall–Kier alpha value is -3.13. The highest BCUT2D eigenvalue weighted by molar-refractivity contribution is 6.30. The van der Waals surface area contributed by atoms with Crippen molar-refractivity contribution in [1.82, 2.24) is 9.78 Å². The lowest BCUT2D eigenvalue weighted by Crippen LogP contribution is -2.21. The Labute approximate surface area is 162 Å². The molecule has 0 aliphatic rings. The van der Waals surface area contributed by atoms with E-state index < -0.39 is 23.3 Å². The summed E-state index contributed by atoms with van der Waals surface area (Å²) < 4.78 is 41.7. The molecule has 2 aromatic carbocycles. The van der Waals surface area contributed by atoms with Crippen LogP contribution in [0.2, 0.25) is 5.02 Å². The summed E-state index contributed by atoms with van der Waals surface area (Å²) in [4.78, 5) is 24.2. The maximum Gasteiger partial charge on any atom is 0.434 e. The van der Waals surface area contributed by atoms with Gasteiger partial charge in [0.1, 0.15) is 0 Å². The summed E-state index contributed by atoms with van der Waals surface area (Å²) in [5.41, 5.74) is -1.56. The molecule has 0 aliphatic carbocycles. The van der Waals surface area contributed by atoms with Crippen LogP contribution in [-0.2, 0) is 6.18 Å². The number of alkyl halides is 3. The number of hydrogen-bond acceptors (Lipinski definition) is 3. The van der Waals surface area contributed by atoms with Crippen LogP contribution >= 0.6 is 11.6 Å². The normalized spacial score (nSPS) is 11.3. The van der Waals surface area contributed by atoms with Crippen LogP contribution in [0.25, 0.3) is 5.69 Å². The Morgan fingerprint density at radius 3 is 2.43 bits per heavy atom. The van der Waals surface area contributed by atoms with Crippen LogP contribution in [0, 0.1) is 0 Å². The van der Waals surface area contributed by atoms with Gasteiger partial charge in [-0.05, 0) is 37.3 Å². The fourth-order valence-electron chi connectivity index (χ4n) is 2.68. The molecule has 0 bridgehead atoms. The van der Waals surface area contributed by atoms with Gasteiger partial charge in [-0.1, -0.05) is 29.8 Å². The summed E-state index contributed by atoms with van der Waals surface area (Å²) in [6.45, 7) is 1.29. The second-order valence-corrected chi connectivity index (χ2v) is 6.29. The summed E-state index contributed by atoms with van der Waals surface area (Å²) >= 11 is 5.85. The molecule has 1 aromatic heterocycles. The number of amides is 1. The number of rotatable bonds is 4. The molecule has 0 aliphatic heterocycles. The Bertz CT molecular complexity index is 1060. The summed E-state index contributed by atoms with van der Waals surface area (Å²) in [5.74, 6) is -1.36. The average Bonchev–Trinajstić information content (AvgIpc) is 3.07. The van der Waals surface area contributed by atoms with Gasteiger partial charge >= 0.3 is 6.18 Å². The first-order chi connectivity index (χ1) is 13.2. The lowest BCUT2D eigenvalue weighted by Gasteiger charge is -2.13. The SMILES string of the molecule is CC(=O)c1ccccc1NC(=O)c1cnn(-c2cccc(Cl)c2)c1C(F)(F)F. The van der Waals surface area contributed by atoms with Gasteiger partial charge in [-0.15, -0.1) is 0 Å². The van der Waals surface area contributed by atoms with Crippen molar-refractivity contribution in [2.24, 2.45) is 0 Å². The highest BCUT2D eigenvalue weighted by atomic mass is 35.5. The number of hydrogen-bond donors (Lipinski definition) is 1. The number of para-hydroxylation sites is 1. The molecule has 0 saturated heterocycles. The van der Waals surface area contributed by atoms with Gasteiger partial charge in [-0.3, -0.25) is 9.59 Å². The van der Waals surface area contributed by atoms with Crippen LogP contribution in [0.1, 0.15) is 33.3 Å². The molecule has 1 N–H and O–H groups in total. The molecular formula is C19H13ClF3N3O2. The number of anilines is 1. The van der Waals surface area contributed by atoms with Crippen LogP contribution in [0.4, 0.5) is 18.9 Å². The summed E-state index contributed by atoms with van der Waals surface area (Å²) in [6, 6.07) is 11.7. The molecule has 0 fully saturated rings. The minimum Gasteiger partial charge on any atom is -0.321 e. The Kier molecular flexibility index (Phi) is 5.24. The average molecular weight is 408 g/mol. The van der Waals surface area contributed by atoms with Gasteiger partial charge in [0.05, 0.1) is 23.1 Å². The molecule has 0 saturated carbocycles. The number of nitrogens with one attached hydrogen (secondary N) is 1. The van der Waals surface area contributed by atoms with E-state index in [1.54, 1.807) is 12.1 Å². The standard InChI is InChI=1S/C19H13ClF3N3O2/c1-11(27)14-7-2-3-8-16(14)25-18(28)15-10-24-26(17(15)19(21,22)23)13-6-4-5-12(20)9-13/h2-10H,1H3,(H,25,28). The monoisotopic (exact) mass is 407 g/mol. The molecule has 1 amide bonds. The van der Waals surface area contributed by atoms with E-state index in [0.29, 0.717) is 4.68 Å². The van der Waals surface area contributed by atoms with Crippen molar-refractivity contribution in [2.45, 2.75) is 13.1 Å². The van der Waals surface area contributed by atoms with Crippen molar-refractivity contribution in [1.29, 1.82) is 0 Å². The molecule has 9 heteroatoms. The van der Waals surface area contributed by atoms with Crippen LogP contribution in [0.3, 0.4) is 0 Å². The number of carbonyl (C=O) groups is 2. The first-order valence-electron chi connectivity index (χ1n) is 8.01. The largest absolute Gasteiger partial charge is 0.434 e. The third-order valence-corrected chi connectivity index (χ3v) is 4.12. The highest BCUT2D eigenvalue weighted by Gasteiger charge is 2.40. The van der Waals surface area contributed by atoms with Crippen molar-refractivity contribution < 1.29 is 22.8 Å². The van der Waals surface area contributed by atoms with E-state index in [1.165, 1.54) is 43.3 Å². The van der Waals surface area contributed by atoms with E-state index in [9.17, 15) is 22.8 Å². The Morgan fingerprint density at radius 2 is 1.79 bits per heavy atom. The van der Waals surface area contributed by atoms with Crippen LogP contribution in [0.15, 0.2) is 54.7 Å². The first-order valence-corrected chi connectivity index (χ1v) is 8.38. The van der Waals surface area contributed by atoms with E-state index in [2.05, 4.69) is 10.4 Å². The summed E-state index contributed by atoms with van der Waals surface area (Å²) in [6.07, 6.45) is -4.03. The summed E-state index contributed by atoms with van der Waals surface area (Å²) in [7, 11) is 0. The zero-order chi connectivity index (χ0) is 20.5. The van der Waals surface area contributed by atoms with Gasteiger partial charge in [0.15, 0.2) is 11.5 Å². The van der Waals surface area contributed by atoms with Gasteiger partial charge in [0.2, 0.25) is 0 Å². The van der Waals surface area contributed by atoms with Gasteiger partial charge < -0.3 is 5.32 Å². The minimum atomic E-state index is -4.86. The number of nitrogens with zero attached hydrogens (tertiary/aromatic N) is 2. The maximum absolute atomic E-state index is 13.7. The molecule has 0 radical (unpaired) electrons. The number of halogens is 4. The van der Waals surface area contributed by atoms with E-state index in [-0.39, 0.29) is 27.7 Å². The van der Waals surface area contributed by atoms with Crippen LogP contribution < -0.4 is 5.32 Å². The topological polar surface area (TPSA) is 64.0 Å². The van der Waals surface area contributed by atoms with Gasteiger partial charge in [0.25, 0.3) is 5.91 Å².